The van der Waals surface area contributed by atoms with Crippen molar-refractivity contribution in [2.45, 2.75) is 85.0 Å². The van der Waals surface area contributed by atoms with E-state index in [1.807, 2.05) is 65.0 Å². The highest BCUT2D eigenvalue weighted by atomic mass is 16.6. The van der Waals surface area contributed by atoms with Crippen molar-refractivity contribution in [1.29, 1.82) is 0 Å². The highest BCUT2D eigenvalue weighted by molar-refractivity contribution is 5.92. The Morgan fingerprint density at radius 1 is 1.00 bits per heavy atom. The van der Waals surface area contributed by atoms with Crippen LogP contribution in [0.3, 0.4) is 0 Å². The number of likely N-dealkylation sites (N-methyl/N-ethyl adjacent to an activating group) is 1. The summed E-state index contributed by atoms with van der Waals surface area (Å²) in [7, 11) is 1.59. The van der Waals surface area contributed by atoms with Crippen molar-refractivity contribution in [2.75, 3.05) is 7.05 Å². The summed E-state index contributed by atoms with van der Waals surface area (Å²) in [6, 6.07) is 7.50. The van der Waals surface area contributed by atoms with E-state index in [4.69, 9.17) is 4.74 Å². The molecule has 0 aliphatic rings. The number of carbonyl (C=O) groups excluding carboxylic acids is 3. The monoisotopic (exact) mass is 433 g/mol. The number of rotatable bonds is 7. The quantitative estimate of drug-likeness (QED) is 0.679. The zero-order chi connectivity index (χ0) is 24.0. The third kappa shape index (κ3) is 9.40. The molecule has 31 heavy (non-hydrogen) atoms. The van der Waals surface area contributed by atoms with Crippen LogP contribution >= 0.6 is 0 Å². The molecule has 0 radical (unpaired) electrons. The first kappa shape index (κ1) is 26.5. The largest absolute Gasteiger partial charge is 0.444 e. The van der Waals surface area contributed by atoms with Gasteiger partial charge in [-0.3, -0.25) is 9.59 Å². The number of ether oxygens (including phenoxy) is 1. The number of hydrogen-bond donors (Lipinski definition) is 2. The van der Waals surface area contributed by atoms with Gasteiger partial charge in [-0.2, -0.15) is 0 Å². The first-order valence-electron chi connectivity index (χ1n) is 10.7. The Kier molecular flexibility index (Phi) is 9.09. The SMILES string of the molecule is CC(C)CC(NC(=O)OC(C)(C)C)C(=O)N(C)C(C(=O)NC(C)(C)C)c1ccccc1. The van der Waals surface area contributed by atoms with Crippen LogP contribution in [0.5, 0.6) is 0 Å². The fraction of sp³-hybridized carbons (Fsp3) is 0.625. The van der Waals surface area contributed by atoms with Gasteiger partial charge in [0.1, 0.15) is 17.7 Å². The zero-order valence-electron chi connectivity index (χ0n) is 20.4. The zero-order valence-corrected chi connectivity index (χ0v) is 20.4. The predicted octanol–water partition coefficient (Wildman–Crippen LogP) is 4.04. The Bertz CT molecular complexity index is 748. The topological polar surface area (TPSA) is 87.7 Å². The molecule has 0 saturated carbocycles. The van der Waals surface area contributed by atoms with Crippen LogP contribution in [0, 0.1) is 5.92 Å². The van der Waals surface area contributed by atoms with Crippen molar-refractivity contribution in [3.8, 4) is 0 Å². The van der Waals surface area contributed by atoms with Crippen molar-refractivity contribution in [3.63, 3.8) is 0 Å². The molecule has 2 atom stereocenters. The lowest BCUT2D eigenvalue weighted by Crippen LogP contribution is -2.53. The van der Waals surface area contributed by atoms with E-state index in [1.54, 1.807) is 27.8 Å². The average molecular weight is 434 g/mol. The summed E-state index contributed by atoms with van der Waals surface area (Å²) in [5.41, 5.74) is -0.443. The lowest BCUT2D eigenvalue weighted by molar-refractivity contribution is -0.141. The number of benzene rings is 1. The van der Waals surface area contributed by atoms with Crippen LogP contribution in [0.2, 0.25) is 0 Å². The van der Waals surface area contributed by atoms with Gasteiger partial charge in [0, 0.05) is 12.6 Å². The summed E-state index contributed by atoms with van der Waals surface area (Å²) < 4.78 is 5.34. The Balaban J connectivity index is 3.20. The molecule has 0 aliphatic carbocycles. The number of alkyl carbamates (subject to hydrolysis) is 1. The Morgan fingerprint density at radius 3 is 2.00 bits per heavy atom. The molecule has 1 aromatic carbocycles. The molecule has 7 heteroatoms. The number of carbonyl (C=O) groups is 3. The van der Waals surface area contributed by atoms with Crippen molar-refractivity contribution < 1.29 is 19.1 Å². The molecule has 0 heterocycles. The standard InChI is InChI=1S/C24H39N3O4/c1-16(2)15-18(25-22(30)31-24(6,7)8)21(29)27(9)19(17-13-11-10-12-14-17)20(28)26-23(3,4)5/h10-14,16,18-19H,15H2,1-9H3,(H,25,30)(H,26,28). The first-order valence-corrected chi connectivity index (χ1v) is 10.7. The van der Waals surface area contributed by atoms with Crippen molar-refractivity contribution in [3.05, 3.63) is 35.9 Å². The lowest BCUT2D eigenvalue weighted by Gasteiger charge is -2.34. The van der Waals surface area contributed by atoms with E-state index >= 15 is 0 Å². The van der Waals surface area contributed by atoms with Gasteiger partial charge in [0.15, 0.2) is 0 Å². The Labute approximate surface area is 186 Å². The van der Waals surface area contributed by atoms with Crippen molar-refractivity contribution in [2.24, 2.45) is 5.92 Å². The summed E-state index contributed by atoms with van der Waals surface area (Å²) in [5, 5.41) is 5.66. The van der Waals surface area contributed by atoms with E-state index in [-0.39, 0.29) is 17.7 Å². The van der Waals surface area contributed by atoms with Crippen LogP contribution < -0.4 is 10.6 Å². The summed E-state index contributed by atoms with van der Waals surface area (Å²) in [5.74, 6) is -0.483. The van der Waals surface area contributed by atoms with Crippen LogP contribution in [-0.2, 0) is 14.3 Å². The van der Waals surface area contributed by atoms with E-state index in [0.717, 1.165) is 0 Å². The minimum absolute atomic E-state index is 0.149. The lowest BCUT2D eigenvalue weighted by atomic mass is 9.99. The number of amides is 3. The van der Waals surface area contributed by atoms with E-state index in [0.29, 0.717) is 12.0 Å². The van der Waals surface area contributed by atoms with Gasteiger partial charge in [0.25, 0.3) is 0 Å². The van der Waals surface area contributed by atoms with Gasteiger partial charge in [0.05, 0.1) is 0 Å². The molecule has 1 rings (SSSR count). The maximum absolute atomic E-state index is 13.4. The van der Waals surface area contributed by atoms with Crippen LogP contribution in [0.25, 0.3) is 0 Å². The number of hydrogen-bond acceptors (Lipinski definition) is 4. The fourth-order valence-electron chi connectivity index (χ4n) is 3.14. The van der Waals surface area contributed by atoms with Gasteiger partial charge in [-0.1, -0.05) is 44.2 Å². The van der Waals surface area contributed by atoms with Gasteiger partial charge >= 0.3 is 6.09 Å². The van der Waals surface area contributed by atoms with E-state index in [1.165, 1.54) is 4.90 Å². The first-order chi connectivity index (χ1) is 14.1. The molecule has 0 bridgehead atoms. The number of nitrogens with one attached hydrogen (secondary N) is 2. The summed E-state index contributed by atoms with van der Waals surface area (Å²) in [6.07, 6.45) is -0.236. The predicted molar refractivity (Wildman–Crippen MR) is 122 cm³/mol. The highest BCUT2D eigenvalue weighted by Gasteiger charge is 2.35. The van der Waals surface area contributed by atoms with E-state index < -0.39 is 29.3 Å². The molecule has 2 N–H and O–H groups in total. The van der Waals surface area contributed by atoms with E-state index in [2.05, 4.69) is 10.6 Å². The molecule has 0 fully saturated rings. The fourth-order valence-corrected chi connectivity index (χ4v) is 3.14. The Hall–Kier alpha value is -2.57. The normalized spacial score (nSPS) is 13.9. The van der Waals surface area contributed by atoms with Crippen LogP contribution in [0.4, 0.5) is 4.79 Å². The molecule has 7 nitrogen and oxygen atoms in total. The molecule has 3 amide bonds. The van der Waals surface area contributed by atoms with Crippen LogP contribution in [0.1, 0.15) is 73.4 Å². The smallest absolute Gasteiger partial charge is 0.408 e. The molecular weight excluding hydrogens is 394 g/mol. The molecule has 0 spiro atoms. The summed E-state index contributed by atoms with van der Waals surface area (Å²) in [4.78, 5) is 40.3. The van der Waals surface area contributed by atoms with Crippen LogP contribution in [0.15, 0.2) is 30.3 Å². The number of nitrogens with zero attached hydrogens (tertiary/aromatic N) is 1. The summed E-state index contributed by atoms with van der Waals surface area (Å²) >= 11 is 0. The summed E-state index contributed by atoms with van der Waals surface area (Å²) in [6.45, 7) is 14.9. The van der Waals surface area contributed by atoms with Crippen LogP contribution in [-0.4, -0.2) is 47.0 Å². The second kappa shape index (κ2) is 10.6. The van der Waals surface area contributed by atoms with Crippen molar-refractivity contribution in [1.82, 2.24) is 15.5 Å². The van der Waals surface area contributed by atoms with Crippen molar-refractivity contribution >= 4 is 17.9 Å². The van der Waals surface area contributed by atoms with Gasteiger partial charge in [0.2, 0.25) is 11.8 Å². The molecule has 174 valence electrons. The third-order valence-corrected chi connectivity index (χ3v) is 4.29. The Morgan fingerprint density at radius 2 is 1.55 bits per heavy atom. The van der Waals surface area contributed by atoms with Gasteiger partial charge in [-0.25, -0.2) is 4.79 Å². The maximum atomic E-state index is 13.4. The van der Waals surface area contributed by atoms with Gasteiger partial charge in [-0.15, -0.1) is 0 Å². The molecule has 2 unspecified atom stereocenters. The maximum Gasteiger partial charge on any atom is 0.408 e. The molecule has 0 saturated heterocycles. The highest BCUT2D eigenvalue weighted by Crippen LogP contribution is 2.23. The molecule has 1 aromatic rings. The second-order valence-electron chi connectivity index (χ2n) is 10.3. The second-order valence-corrected chi connectivity index (χ2v) is 10.3. The van der Waals surface area contributed by atoms with Gasteiger partial charge in [-0.05, 0) is 59.4 Å². The third-order valence-electron chi connectivity index (χ3n) is 4.29. The minimum atomic E-state index is -0.831. The molecular formula is C24H39N3O4. The molecule has 0 aromatic heterocycles. The average Bonchev–Trinajstić information content (AvgIpc) is 2.58. The molecule has 0 aliphatic heterocycles. The van der Waals surface area contributed by atoms with Gasteiger partial charge < -0.3 is 20.3 Å². The minimum Gasteiger partial charge on any atom is -0.444 e. The van der Waals surface area contributed by atoms with E-state index in [9.17, 15) is 14.4 Å².